The summed E-state index contributed by atoms with van der Waals surface area (Å²) in [6.45, 7) is 7.68. The van der Waals surface area contributed by atoms with Gasteiger partial charge in [-0.2, -0.15) is 0 Å². The monoisotopic (exact) mass is 238 g/mol. The zero-order valence-corrected chi connectivity index (χ0v) is 11.5. The van der Waals surface area contributed by atoms with Crippen LogP contribution >= 0.6 is 0 Å². The molecule has 1 N–H and O–H groups in total. The van der Waals surface area contributed by atoms with Crippen LogP contribution in [0.25, 0.3) is 0 Å². The van der Waals surface area contributed by atoms with Crippen molar-refractivity contribution in [1.82, 2.24) is 0 Å². The van der Waals surface area contributed by atoms with Crippen molar-refractivity contribution < 1.29 is 5.02 Å². The van der Waals surface area contributed by atoms with E-state index in [9.17, 15) is 5.02 Å². The van der Waals surface area contributed by atoms with E-state index in [1.54, 1.807) is 0 Å². The predicted molar refractivity (Wildman–Crippen MR) is 79.1 cm³/mol. The van der Waals surface area contributed by atoms with Crippen LogP contribution in [0.2, 0.25) is 0 Å². The Labute approximate surface area is 110 Å². The molecule has 2 aromatic carbocycles. The van der Waals surface area contributed by atoms with E-state index in [0.717, 1.165) is 33.2 Å². The molecule has 0 atom stereocenters. The summed E-state index contributed by atoms with van der Waals surface area (Å²) in [6.07, 6.45) is 0. The first-order valence-corrected chi connectivity index (χ1v) is 6.32. The van der Waals surface area contributed by atoms with Crippen molar-refractivity contribution in [3.8, 4) is 0 Å². The molecule has 2 aromatic rings. The molecule has 0 heterocycles. The van der Waals surface area contributed by atoms with Crippen LogP contribution in [0.4, 0.5) is 0 Å². The molecule has 0 saturated carbocycles. The lowest BCUT2D eigenvalue weighted by molar-refractivity contribution is 0.599. The van der Waals surface area contributed by atoms with Gasteiger partial charge in [-0.1, -0.05) is 58.7 Å². The Balaban J connectivity index is 2.58. The lowest BCUT2D eigenvalue weighted by atomic mass is 9.51. The van der Waals surface area contributed by atoms with Crippen molar-refractivity contribution in [3.63, 3.8) is 0 Å². The fraction of sp³-hybridized carbons (Fsp3) is 0.250. The smallest absolute Gasteiger partial charge is 0.360 e. The van der Waals surface area contributed by atoms with E-state index in [1.807, 2.05) is 12.1 Å². The molecule has 1 nitrogen and oxygen atoms in total. The molecule has 0 unspecified atom stereocenters. The molecule has 2 rings (SSSR count). The van der Waals surface area contributed by atoms with Crippen LogP contribution in [0, 0.1) is 27.7 Å². The number of benzene rings is 2. The molecule has 0 amide bonds. The van der Waals surface area contributed by atoms with Crippen molar-refractivity contribution in [1.29, 1.82) is 0 Å². The lowest BCUT2D eigenvalue weighted by Gasteiger charge is -2.17. The standard InChI is InChI=1S/C16H19BO/c1-11-7-5-8-12(2)15(11)17(18)16-13(3)9-6-10-14(16)4/h5-10,18H,1-4H3. The minimum absolute atomic E-state index is 0.535. The van der Waals surface area contributed by atoms with E-state index in [-0.39, 0.29) is 0 Å². The van der Waals surface area contributed by atoms with E-state index in [1.165, 1.54) is 0 Å². The van der Waals surface area contributed by atoms with Gasteiger partial charge in [0.2, 0.25) is 0 Å². The van der Waals surface area contributed by atoms with Crippen LogP contribution in [0.3, 0.4) is 0 Å². The van der Waals surface area contributed by atoms with Crippen molar-refractivity contribution in [2.45, 2.75) is 27.7 Å². The summed E-state index contributed by atoms with van der Waals surface area (Å²) in [7, 11) is 0. The van der Waals surface area contributed by atoms with Gasteiger partial charge in [0.05, 0.1) is 0 Å². The van der Waals surface area contributed by atoms with E-state index in [4.69, 9.17) is 0 Å². The highest BCUT2D eigenvalue weighted by molar-refractivity contribution is 6.80. The first-order valence-electron chi connectivity index (χ1n) is 6.32. The topological polar surface area (TPSA) is 20.2 Å². The predicted octanol–water partition coefficient (Wildman–Crippen LogP) is 2.02. The van der Waals surface area contributed by atoms with Gasteiger partial charge >= 0.3 is 6.92 Å². The summed E-state index contributed by atoms with van der Waals surface area (Å²) in [5.74, 6) is 0. The van der Waals surface area contributed by atoms with Crippen molar-refractivity contribution >= 4 is 17.8 Å². The summed E-state index contributed by atoms with van der Waals surface area (Å²) >= 11 is 0. The second-order valence-electron chi connectivity index (χ2n) is 5.01. The molecule has 0 aliphatic carbocycles. The molecule has 0 radical (unpaired) electrons. The third-order valence-electron chi connectivity index (χ3n) is 3.63. The Kier molecular flexibility index (Phi) is 3.58. The van der Waals surface area contributed by atoms with E-state index in [2.05, 4.69) is 52.0 Å². The van der Waals surface area contributed by atoms with Crippen LogP contribution < -0.4 is 10.9 Å². The Bertz CT molecular complexity index is 483. The maximum atomic E-state index is 10.7. The molecular weight excluding hydrogens is 219 g/mol. The first kappa shape index (κ1) is 12.9. The Morgan fingerprint density at radius 2 is 0.944 bits per heavy atom. The van der Waals surface area contributed by atoms with Crippen LogP contribution in [-0.2, 0) is 0 Å². The van der Waals surface area contributed by atoms with E-state index in [0.29, 0.717) is 0 Å². The van der Waals surface area contributed by atoms with Crippen molar-refractivity contribution in [3.05, 3.63) is 58.7 Å². The molecule has 2 heteroatoms. The van der Waals surface area contributed by atoms with Crippen LogP contribution in [0.1, 0.15) is 22.3 Å². The maximum absolute atomic E-state index is 10.7. The summed E-state index contributed by atoms with van der Waals surface area (Å²) < 4.78 is 0. The summed E-state index contributed by atoms with van der Waals surface area (Å²) in [6, 6.07) is 12.3. The summed E-state index contributed by atoms with van der Waals surface area (Å²) in [5, 5.41) is 10.7. The molecule has 0 bridgehead atoms. The van der Waals surface area contributed by atoms with Gasteiger partial charge in [-0.25, -0.2) is 0 Å². The zero-order chi connectivity index (χ0) is 13.3. The van der Waals surface area contributed by atoms with Gasteiger partial charge in [0.25, 0.3) is 0 Å². The summed E-state index contributed by atoms with van der Waals surface area (Å²) in [5.41, 5.74) is 6.65. The quantitative estimate of drug-likeness (QED) is 0.793. The van der Waals surface area contributed by atoms with Crippen LogP contribution in [0.5, 0.6) is 0 Å². The summed E-state index contributed by atoms with van der Waals surface area (Å²) in [4.78, 5) is 0. The third-order valence-corrected chi connectivity index (χ3v) is 3.63. The minimum Gasteiger partial charge on any atom is -0.443 e. The Hall–Kier alpha value is -1.54. The van der Waals surface area contributed by atoms with Crippen molar-refractivity contribution in [2.75, 3.05) is 0 Å². The van der Waals surface area contributed by atoms with Gasteiger partial charge in [-0.15, -0.1) is 0 Å². The Morgan fingerprint density at radius 3 is 1.22 bits per heavy atom. The number of rotatable bonds is 2. The highest BCUT2D eigenvalue weighted by Crippen LogP contribution is 2.06. The van der Waals surface area contributed by atoms with E-state index < -0.39 is 6.92 Å². The van der Waals surface area contributed by atoms with E-state index >= 15 is 0 Å². The van der Waals surface area contributed by atoms with Gasteiger partial charge in [0.15, 0.2) is 0 Å². The van der Waals surface area contributed by atoms with Gasteiger partial charge in [-0.05, 0) is 38.6 Å². The fourth-order valence-electron chi connectivity index (χ4n) is 2.66. The van der Waals surface area contributed by atoms with Gasteiger partial charge in [-0.3, -0.25) is 0 Å². The fourth-order valence-corrected chi connectivity index (χ4v) is 2.66. The van der Waals surface area contributed by atoms with Crippen LogP contribution in [0.15, 0.2) is 36.4 Å². The average molecular weight is 238 g/mol. The third kappa shape index (κ3) is 2.21. The zero-order valence-electron chi connectivity index (χ0n) is 11.5. The molecular formula is C16H19BO. The average Bonchev–Trinajstić information content (AvgIpc) is 2.28. The van der Waals surface area contributed by atoms with Gasteiger partial charge < -0.3 is 5.02 Å². The second kappa shape index (κ2) is 4.99. The molecule has 18 heavy (non-hydrogen) atoms. The van der Waals surface area contributed by atoms with Crippen LogP contribution in [-0.4, -0.2) is 11.9 Å². The highest BCUT2D eigenvalue weighted by atomic mass is 16.2. The molecule has 0 aliphatic rings. The first-order chi connectivity index (χ1) is 8.52. The maximum Gasteiger partial charge on any atom is 0.360 e. The minimum atomic E-state index is -0.535. The molecule has 0 fully saturated rings. The SMILES string of the molecule is Cc1cccc(C)c1B(O)c1c(C)cccc1C. The molecule has 0 spiro atoms. The normalized spacial score (nSPS) is 10.5. The number of hydrogen-bond acceptors (Lipinski definition) is 1. The highest BCUT2D eigenvalue weighted by Gasteiger charge is 2.23. The number of hydrogen-bond donors (Lipinski definition) is 1. The van der Waals surface area contributed by atoms with Gasteiger partial charge in [0.1, 0.15) is 0 Å². The molecule has 0 aromatic heterocycles. The van der Waals surface area contributed by atoms with Gasteiger partial charge in [0, 0.05) is 0 Å². The van der Waals surface area contributed by atoms with Crippen molar-refractivity contribution in [2.24, 2.45) is 0 Å². The second-order valence-corrected chi connectivity index (χ2v) is 5.01. The number of aryl methyl sites for hydroxylation is 4. The lowest BCUT2D eigenvalue weighted by Crippen LogP contribution is -2.47. The molecule has 0 aliphatic heterocycles. The molecule has 92 valence electrons. The largest absolute Gasteiger partial charge is 0.443 e. The molecule has 0 saturated heterocycles. The Morgan fingerprint density at radius 1 is 0.667 bits per heavy atom.